The number of anilines is 1. The number of carbonyl (C=O) groups excluding carboxylic acids is 4. The molecule has 3 fully saturated rings. The van der Waals surface area contributed by atoms with Crippen LogP contribution in [0.5, 0.6) is 0 Å². The van der Waals surface area contributed by atoms with Crippen molar-refractivity contribution in [1.29, 1.82) is 0 Å². The zero-order chi connectivity index (χ0) is 23.5. The summed E-state index contributed by atoms with van der Waals surface area (Å²) < 4.78 is 0. The Labute approximate surface area is 190 Å². The predicted octanol–water partition coefficient (Wildman–Crippen LogP) is -0.870. The van der Waals surface area contributed by atoms with E-state index in [4.69, 9.17) is 9.90 Å². The number of carbonyl (C=O) groups is 5. The van der Waals surface area contributed by atoms with E-state index in [-0.39, 0.29) is 25.2 Å². The van der Waals surface area contributed by atoms with Gasteiger partial charge in [-0.05, 0) is 30.5 Å². The average Bonchev–Trinajstić information content (AvgIpc) is 3.02. The molecule has 11 heteroatoms. The Bertz CT molecular complexity index is 970. The highest BCUT2D eigenvalue weighted by Gasteiger charge is 2.44. The Hall–Kier alpha value is -3.31. The second kappa shape index (κ2) is 9.67. The monoisotopic (exact) mass is 457 g/mol. The van der Waals surface area contributed by atoms with Gasteiger partial charge in [-0.25, -0.2) is 0 Å². The number of nitrogens with one attached hydrogen (secondary N) is 2. The Morgan fingerprint density at radius 3 is 2.27 bits per heavy atom. The van der Waals surface area contributed by atoms with E-state index in [1.54, 1.807) is 12.1 Å². The number of piperazine rings is 1. The summed E-state index contributed by atoms with van der Waals surface area (Å²) in [6.07, 6.45) is 0.289. The van der Waals surface area contributed by atoms with E-state index in [0.717, 1.165) is 62.3 Å². The third-order valence-corrected chi connectivity index (χ3v) is 6.54. The summed E-state index contributed by atoms with van der Waals surface area (Å²) in [7, 11) is 0. The SMILES string of the molecule is O=C1CCC(N2C(=O)c3ccc(N4CCN(CC5CNC5)CC4)cc3C2=O)C(=O)N1.O=CO. The van der Waals surface area contributed by atoms with Gasteiger partial charge in [0, 0.05) is 57.9 Å². The Balaban J connectivity index is 0.000000821. The fourth-order valence-corrected chi connectivity index (χ4v) is 4.69. The number of imide groups is 2. The minimum Gasteiger partial charge on any atom is -0.483 e. The van der Waals surface area contributed by atoms with Crippen molar-refractivity contribution in [2.75, 3.05) is 50.7 Å². The molecule has 4 aliphatic heterocycles. The lowest BCUT2D eigenvalue weighted by Gasteiger charge is -2.39. The summed E-state index contributed by atoms with van der Waals surface area (Å²) in [5, 5.41) is 12.4. The van der Waals surface area contributed by atoms with Crippen LogP contribution >= 0.6 is 0 Å². The molecule has 1 atom stereocenters. The molecule has 0 spiro atoms. The fourth-order valence-electron chi connectivity index (χ4n) is 4.69. The molecule has 0 saturated carbocycles. The molecule has 3 saturated heterocycles. The van der Waals surface area contributed by atoms with Gasteiger partial charge in [0.1, 0.15) is 6.04 Å². The van der Waals surface area contributed by atoms with Crippen molar-refractivity contribution in [2.45, 2.75) is 18.9 Å². The number of fused-ring (bicyclic) bond motifs is 1. The van der Waals surface area contributed by atoms with Gasteiger partial charge >= 0.3 is 0 Å². The van der Waals surface area contributed by atoms with Crippen LogP contribution in [0.4, 0.5) is 5.69 Å². The third-order valence-electron chi connectivity index (χ3n) is 6.54. The van der Waals surface area contributed by atoms with Gasteiger partial charge in [-0.1, -0.05) is 0 Å². The summed E-state index contributed by atoms with van der Waals surface area (Å²) in [6.45, 7) is 6.77. The Morgan fingerprint density at radius 2 is 1.67 bits per heavy atom. The first-order valence-corrected chi connectivity index (χ1v) is 11.0. The van der Waals surface area contributed by atoms with Gasteiger partial charge in [-0.3, -0.25) is 39.1 Å². The molecule has 11 nitrogen and oxygen atoms in total. The molecule has 1 aromatic carbocycles. The summed E-state index contributed by atoms with van der Waals surface area (Å²) in [5.74, 6) is -1.13. The zero-order valence-corrected chi connectivity index (χ0v) is 18.2. The van der Waals surface area contributed by atoms with Gasteiger partial charge in [0.15, 0.2) is 0 Å². The van der Waals surface area contributed by atoms with Crippen molar-refractivity contribution >= 4 is 35.8 Å². The van der Waals surface area contributed by atoms with Crippen molar-refractivity contribution in [3.63, 3.8) is 0 Å². The van der Waals surface area contributed by atoms with Gasteiger partial charge in [0.05, 0.1) is 11.1 Å². The van der Waals surface area contributed by atoms with Crippen molar-refractivity contribution in [2.24, 2.45) is 5.92 Å². The first-order chi connectivity index (χ1) is 15.9. The van der Waals surface area contributed by atoms with Crippen molar-refractivity contribution in [3.05, 3.63) is 29.3 Å². The molecular weight excluding hydrogens is 430 g/mol. The van der Waals surface area contributed by atoms with Crippen LogP contribution in [0.2, 0.25) is 0 Å². The molecule has 0 aliphatic carbocycles. The second-order valence-electron chi connectivity index (χ2n) is 8.59. The molecular formula is C22H27N5O6. The molecule has 0 bridgehead atoms. The molecule has 0 radical (unpaired) electrons. The number of rotatable bonds is 4. The van der Waals surface area contributed by atoms with E-state index < -0.39 is 23.8 Å². The quantitative estimate of drug-likeness (QED) is 0.389. The lowest BCUT2D eigenvalue weighted by atomic mass is 10.0. The highest BCUT2D eigenvalue weighted by atomic mass is 16.3. The van der Waals surface area contributed by atoms with E-state index >= 15 is 0 Å². The average molecular weight is 457 g/mol. The molecule has 4 amide bonds. The summed E-state index contributed by atoms with van der Waals surface area (Å²) in [4.78, 5) is 63.5. The van der Waals surface area contributed by atoms with Crippen LogP contribution in [-0.2, 0) is 14.4 Å². The molecule has 1 aromatic rings. The van der Waals surface area contributed by atoms with Crippen LogP contribution in [0.25, 0.3) is 0 Å². The van der Waals surface area contributed by atoms with Crippen molar-refractivity contribution in [3.8, 4) is 0 Å². The maximum Gasteiger partial charge on any atom is 0.290 e. The Kier molecular flexibility index (Phi) is 6.70. The number of amides is 4. The first-order valence-electron chi connectivity index (χ1n) is 11.0. The maximum atomic E-state index is 13.0. The van der Waals surface area contributed by atoms with Crippen LogP contribution in [0.3, 0.4) is 0 Å². The minimum atomic E-state index is -0.928. The molecule has 3 N–H and O–H groups in total. The molecule has 33 heavy (non-hydrogen) atoms. The van der Waals surface area contributed by atoms with Crippen molar-refractivity contribution < 1.29 is 29.1 Å². The fraction of sp³-hybridized carbons (Fsp3) is 0.500. The van der Waals surface area contributed by atoms with Crippen LogP contribution in [0.1, 0.15) is 33.6 Å². The van der Waals surface area contributed by atoms with E-state index in [2.05, 4.69) is 20.4 Å². The molecule has 0 aromatic heterocycles. The summed E-state index contributed by atoms with van der Waals surface area (Å²) in [5.41, 5.74) is 1.58. The minimum absolute atomic E-state index is 0.121. The van der Waals surface area contributed by atoms with Crippen LogP contribution in [0, 0.1) is 5.92 Å². The Morgan fingerprint density at radius 1 is 1.00 bits per heavy atom. The normalized spacial score (nSPS) is 23.5. The van der Waals surface area contributed by atoms with Gasteiger partial charge in [0.2, 0.25) is 11.8 Å². The summed E-state index contributed by atoms with van der Waals surface area (Å²) >= 11 is 0. The first kappa shape index (κ1) is 22.9. The highest BCUT2D eigenvalue weighted by molar-refractivity contribution is 6.23. The predicted molar refractivity (Wildman–Crippen MR) is 117 cm³/mol. The smallest absolute Gasteiger partial charge is 0.290 e. The molecule has 4 heterocycles. The van der Waals surface area contributed by atoms with E-state index in [9.17, 15) is 19.2 Å². The standard InChI is InChI=1S/C21H25N5O4.CH2O2/c27-18-4-3-17(19(28)23-18)26-20(29)15-2-1-14(9-16(15)21(26)30)25-7-5-24(6-8-25)12-13-10-22-11-13;2-1-3/h1-2,9,13,17,22H,3-8,10-12H2,(H,23,27,28);1H,(H,2,3). The second-order valence-corrected chi connectivity index (χ2v) is 8.59. The lowest BCUT2D eigenvalue weighted by molar-refractivity contribution is -0.136. The number of benzene rings is 1. The third kappa shape index (κ3) is 4.60. The van der Waals surface area contributed by atoms with Crippen LogP contribution in [-0.4, -0.2) is 96.9 Å². The number of hydrogen-bond acceptors (Lipinski definition) is 8. The van der Waals surface area contributed by atoms with Gasteiger partial charge in [-0.2, -0.15) is 0 Å². The molecule has 4 aliphatic rings. The van der Waals surface area contributed by atoms with E-state index in [1.807, 2.05) is 6.07 Å². The molecule has 176 valence electrons. The van der Waals surface area contributed by atoms with E-state index in [0.29, 0.717) is 11.1 Å². The largest absolute Gasteiger partial charge is 0.483 e. The zero-order valence-electron chi connectivity index (χ0n) is 18.2. The molecule has 1 unspecified atom stereocenters. The molecule has 5 rings (SSSR count). The number of nitrogens with zero attached hydrogens (tertiary/aromatic N) is 3. The number of hydrogen-bond donors (Lipinski definition) is 3. The van der Waals surface area contributed by atoms with Crippen LogP contribution < -0.4 is 15.5 Å². The van der Waals surface area contributed by atoms with E-state index in [1.165, 1.54) is 0 Å². The lowest BCUT2D eigenvalue weighted by Crippen LogP contribution is -2.54. The summed E-state index contributed by atoms with van der Waals surface area (Å²) in [6, 6.07) is 4.41. The highest BCUT2D eigenvalue weighted by Crippen LogP contribution is 2.31. The van der Waals surface area contributed by atoms with Crippen LogP contribution in [0.15, 0.2) is 18.2 Å². The van der Waals surface area contributed by atoms with Gasteiger partial charge in [0.25, 0.3) is 18.3 Å². The topological polar surface area (TPSA) is 139 Å². The van der Waals surface area contributed by atoms with Gasteiger partial charge in [-0.15, -0.1) is 0 Å². The number of carboxylic acid groups (broad SMARTS) is 1. The maximum absolute atomic E-state index is 13.0. The van der Waals surface area contributed by atoms with Crippen molar-refractivity contribution in [1.82, 2.24) is 20.4 Å². The number of piperidine rings is 1. The van der Waals surface area contributed by atoms with Gasteiger partial charge < -0.3 is 15.3 Å².